The van der Waals surface area contributed by atoms with Crippen molar-refractivity contribution in [3.05, 3.63) is 0 Å². The predicted octanol–water partition coefficient (Wildman–Crippen LogP) is 1.56. The smallest absolute Gasteiger partial charge is 0.323 e. The van der Waals surface area contributed by atoms with E-state index in [1.165, 1.54) is 0 Å². The van der Waals surface area contributed by atoms with E-state index in [2.05, 4.69) is 24.1 Å². The molecule has 4 heteroatoms. The molecular weight excluding hydrogens is 204 g/mol. The summed E-state index contributed by atoms with van der Waals surface area (Å²) in [5.41, 5.74) is -0.821. The number of hydrogen-bond acceptors (Lipinski definition) is 3. The van der Waals surface area contributed by atoms with E-state index in [0.29, 0.717) is 6.42 Å². The van der Waals surface area contributed by atoms with Gasteiger partial charge in [0.05, 0.1) is 0 Å². The first-order valence-corrected chi connectivity index (χ1v) is 6.06. The SMILES string of the molecule is CCCNC(C)(CC(C)N(C)CC)C(=O)O. The van der Waals surface area contributed by atoms with Gasteiger partial charge in [0.1, 0.15) is 5.54 Å². The lowest BCUT2D eigenvalue weighted by Gasteiger charge is -2.33. The summed E-state index contributed by atoms with van der Waals surface area (Å²) >= 11 is 0. The molecule has 0 spiro atoms. The van der Waals surface area contributed by atoms with Gasteiger partial charge in [-0.25, -0.2) is 0 Å². The van der Waals surface area contributed by atoms with Gasteiger partial charge in [-0.2, -0.15) is 0 Å². The summed E-state index contributed by atoms with van der Waals surface area (Å²) in [6, 6.07) is 0.260. The fourth-order valence-electron chi connectivity index (χ4n) is 1.69. The summed E-state index contributed by atoms with van der Waals surface area (Å²) in [4.78, 5) is 13.5. The Balaban J connectivity index is 4.48. The van der Waals surface area contributed by atoms with Gasteiger partial charge in [-0.1, -0.05) is 13.8 Å². The van der Waals surface area contributed by atoms with Gasteiger partial charge in [-0.3, -0.25) is 4.79 Å². The fraction of sp³-hybridized carbons (Fsp3) is 0.917. The van der Waals surface area contributed by atoms with E-state index in [4.69, 9.17) is 0 Å². The van der Waals surface area contributed by atoms with E-state index in [9.17, 15) is 9.90 Å². The minimum atomic E-state index is -0.821. The minimum Gasteiger partial charge on any atom is -0.480 e. The zero-order valence-electron chi connectivity index (χ0n) is 11.2. The molecule has 0 aromatic heterocycles. The van der Waals surface area contributed by atoms with Gasteiger partial charge >= 0.3 is 5.97 Å². The quantitative estimate of drug-likeness (QED) is 0.664. The summed E-state index contributed by atoms with van der Waals surface area (Å²) in [7, 11) is 2.02. The number of carbonyl (C=O) groups is 1. The predicted molar refractivity (Wildman–Crippen MR) is 66.7 cm³/mol. The maximum Gasteiger partial charge on any atom is 0.323 e. The van der Waals surface area contributed by atoms with Crippen molar-refractivity contribution in [2.75, 3.05) is 20.1 Å². The van der Waals surface area contributed by atoms with Crippen LogP contribution < -0.4 is 5.32 Å². The lowest BCUT2D eigenvalue weighted by molar-refractivity contribution is -0.145. The van der Waals surface area contributed by atoms with Crippen LogP contribution >= 0.6 is 0 Å². The van der Waals surface area contributed by atoms with Crippen molar-refractivity contribution in [3.8, 4) is 0 Å². The minimum absolute atomic E-state index is 0.260. The van der Waals surface area contributed by atoms with Gasteiger partial charge in [0.15, 0.2) is 0 Å². The Labute approximate surface area is 99.0 Å². The van der Waals surface area contributed by atoms with Gasteiger partial charge in [-0.15, -0.1) is 0 Å². The van der Waals surface area contributed by atoms with Crippen LogP contribution in [0.25, 0.3) is 0 Å². The molecule has 0 aromatic carbocycles. The number of aliphatic carboxylic acids is 1. The third-order valence-corrected chi connectivity index (χ3v) is 3.19. The molecule has 0 saturated carbocycles. The molecule has 0 saturated heterocycles. The van der Waals surface area contributed by atoms with Crippen LogP contribution in [0.15, 0.2) is 0 Å². The van der Waals surface area contributed by atoms with Crippen molar-refractivity contribution >= 4 is 5.97 Å². The molecule has 2 N–H and O–H groups in total. The Hall–Kier alpha value is -0.610. The molecule has 0 amide bonds. The molecule has 16 heavy (non-hydrogen) atoms. The molecule has 96 valence electrons. The second kappa shape index (κ2) is 6.86. The maximum atomic E-state index is 11.3. The Morgan fingerprint density at radius 1 is 1.50 bits per heavy atom. The molecule has 2 atom stereocenters. The van der Waals surface area contributed by atoms with Crippen LogP contribution in [0.5, 0.6) is 0 Å². The van der Waals surface area contributed by atoms with Crippen molar-refractivity contribution < 1.29 is 9.90 Å². The van der Waals surface area contributed by atoms with E-state index in [-0.39, 0.29) is 6.04 Å². The van der Waals surface area contributed by atoms with E-state index in [1.807, 2.05) is 14.0 Å². The van der Waals surface area contributed by atoms with Crippen molar-refractivity contribution in [1.82, 2.24) is 10.2 Å². The molecule has 0 bridgehead atoms. The first kappa shape index (κ1) is 15.4. The standard InChI is InChI=1S/C12H26N2O2/c1-6-8-13-12(4,11(15)16)9-10(3)14(5)7-2/h10,13H,6-9H2,1-5H3,(H,15,16). The summed E-state index contributed by atoms with van der Waals surface area (Å²) in [6.45, 7) is 9.63. The zero-order chi connectivity index (χ0) is 12.8. The second-order valence-corrected chi connectivity index (χ2v) is 4.69. The van der Waals surface area contributed by atoms with Crippen LogP contribution in [-0.2, 0) is 4.79 Å². The average Bonchev–Trinajstić information content (AvgIpc) is 2.24. The molecule has 2 unspecified atom stereocenters. The van der Waals surface area contributed by atoms with Gasteiger partial charge in [0.25, 0.3) is 0 Å². The van der Waals surface area contributed by atoms with Crippen molar-refractivity contribution in [3.63, 3.8) is 0 Å². The number of nitrogens with one attached hydrogen (secondary N) is 1. The van der Waals surface area contributed by atoms with Crippen LogP contribution in [0, 0.1) is 0 Å². The Bertz CT molecular complexity index is 221. The summed E-state index contributed by atoms with van der Waals surface area (Å²) in [5.74, 6) is -0.766. The zero-order valence-corrected chi connectivity index (χ0v) is 11.2. The van der Waals surface area contributed by atoms with Gasteiger partial charge < -0.3 is 15.3 Å². The highest BCUT2D eigenvalue weighted by molar-refractivity contribution is 5.78. The molecule has 0 heterocycles. The van der Waals surface area contributed by atoms with Gasteiger partial charge in [-0.05, 0) is 46.8 Å². The van der Waals surface area contributed by atoms with E-state index in [1.54, 1.807) is 6.92 Å². The number of rotatable bonds is 8. The molecule has 0 aliphatic heterocycles. The lowest BCUT2D eigenvalue weighted by Crippen LogP contribution is -2.53. The fourth-order valence-corrected chi connectivity index (χ4v) is 1.69. The summed E-state index contributed by atoms with van der Waals surface area (Å²) in [5, 5.41) is 12.4. The molecule has 0 aliphatic rings. The van der Waals surface area contributed by atoms with Crippen molar-refractivity contribution in [2.24, 2.45) is 0 Å². The molecule has 0 aliphatic carbocycles. The van der Waals surface area contributed by atoms with E-state index >= 15 is 0 Å². The first-order chi connectivity index (χ1) is 7.37. The highest BCUT2D eigenvalue weighted by Crippen LogP contribution is 2.16. The Morgan fingerprint density at radius 2 is 2.06 bits per heavy atom. The second-order valence-electron chi connectivity index (χ2n) is 4.69. The highest BCUT2D eigenvalue weighted by atomic mass is 16.4. The summed E-state index contributed by atoms with van der Waals surface area (Å²) in [6.07, 6.45) is 1.56. The average molecular weight is 230 g/mol. The third kappa shape index (κ3) is 4.49. The number of carboxylic acid groups (broad SMARTS) is 1. The van der Waals surface area contributed by atoms with Crippen LogP contribution in [0.1, 0.15) is 40.5 Å². The van der Waals surface area contributed by atoms with Crippen molar-refractivity contribution in [1.29, 1.82) is 0 Å². The van der Waals surface area contributed by atoms with Crippen LogP contribution in [0.3, 0.4) is 0 Å². The number of carboxylic acids is 1. The molecular formula is C12H26N2O2. The van der Waals surface area contributed by atoms with Crippen LogP contribution in [-0.4, -0.2) is 47.7 Å². The molecule has 0 rings (SSSR count). The van der Waals surface area contributed by atoms with Crippen LogP contribution in [0.2, 0.25) is 0 Å². The normalized spacial score (nSPS) is 17.1. The largest absolute Gasteiger partial charge is 0.480 e. The summed E-state index contributed by atoms with van der Waals surface area (Å²) < 4.78 is 0. The van der Waals surface area contributed by atoms with Gasteiger partial charge in [0, 0.05) is 6.04 Å². The molecule has 0 radical (unpaired) electrons. The third-order valence-electron chi connectivity index (χ3n) is 3.19. The van der Waals surface area contributed by atoms with Crippen LogP contribution in [0.4, 0.5) is 0 Å². The Kier molecular flexibility index (Phi) is 6.60. The topological polar surface area (TPSA) is 52.6 Å². The first-order valence-electron chi connectivity index (χ1n) is 6.06. The molecule has 0 fully saturated rings. The molecule has 0 aromatic rings. The monoisotopic (exact) mass is 230 g/mol. The number of nitrogens with zero attached hydrogens (tertiary/aromatic N) is 1. The highest BCUT2D eigenvalue weighted by Gasteiger charge is 2.34. The lowest BCUT2D eigenvalue weighted by atomic mass is 9.93. The van der Waals surface area contributed by atoms with Crippen molar-refractivity contribution in [2.45, 2.75) is 52.1 Å². The Morgan fingerprint density at radius 3 is 2.44 bits per heavy atom. The maximum absolute atomic E-state index is 11.3. The number of hydrogen-bond donors (Lipinski definition) is 2. The molecule has 4 nitrogen and oxygen atoms in total. The van der Waals surface area contributed by atoms with Gasteiger partial charge in [0.2, 0.25) is 0 Å². The van der Waals surface area contributed by atoms with E-state index < -0.39 is 11.5 Å². The van der Waals surface area contributed by atoms with E-state index in [0.717, 1.165) is 19.5 Å².